The standard InChI is InChI=1S/C16H24F2N2O/c1-11(2)6-12(9-19)7-16(21)20(3)10-13-4-5-14(17)8-15(13)18/h4-5,8,11-12H,6-7,9-10,19H2,1-3H3/t12-/m0/s1. The molecule has 0 bridgehead atoms. The Labute approximate surface area is 125 Å². The van der Waals surface area contributed by atoms with E-state index >= 15 is 0 Å². The van der Waals surface area contributed by atoms with Crippen LogP contribution in [0.2, 0.25) is 0 Å². The Morgan fingerprint density at radius 1 is 1.33 bits per heavy atom. The quantitative estimate of drug-likeness (QED) is 0.841. The third kappa shape index (κ3) is 5.79. The molecule has 1 aromatic carbocycles. The molecule has 0 aliphatic carbocycles. The first-order valence-electron chi connectivity index (χ1n) is 7.21. The summed E-state index contributed by atoms with van der Waals surface area (Å²) in [5, 5.41) is 0. The van der Waals surface area contributed by atoms with E-state index in [0.717, 1.165) is 12.5 Å². The van der Waals surface area contributed by atoms with Crippen molar-refractivity contribution >= 4 is 5.91 Å². The van der Waals surface area contributed by atoms with E-state index in [-0.39, 0.29) is 18.4 Å². The fourth-order valence-electron chi connectivity index (χ4n) is 2.33. The van der Waals surface area contributed by atoms with Crippen molar-refractivity contribution in [1.29, 1.82) is 0 Å². The van der Waals surface area contributed by atoms with Crippen LogP contribution in [0.4, 0.5) is 8.78 Å². The van der Waals surface area contributed by atoms with Crippen LogP contribution in [0.15, 0.2) is 18.2 Å². The van der Waals surface area contributed by atoms with E-state index in [1.807, 2.05) is 0 Å². The van der Waals surface area contributed by atoms with Gasteiger partial charge in [-0.05, 0) is 30.9 Å². The molecule has 1 amide bonds. The Morgan fingerprint density at radius 2 is 2.00 bits per heavy atom. The molecule has 0 spiro atoms. The number of amides is 1. The number of nitrogens with zero attached hydrogens (tertiary/aromatic N) is 1. The SMILES string of the molecule is CC(C)C[C@H](CN)CC(=O)N(C)Cc1ccc(F)cc1F. The van der Waals surface area contributed by atoms with Crippen molar-refractivity contribution in [3.8, 4) is 0 Å². The van der Waals surface area contributed by atoms with Gasteiger partial charge < -0.3 is 10.6 Å². The van der Waals surface area contributed by atoms with Crippen LogP contribution in [-0.4, -0.2) is 24.4 Å². The van der Waals surface area contributed by atoms with Gasteiger partial charge in [0, 0.05) is 31.6 Å². The number of nitrogens with two attached hydrogens (primary N) is 1. The highest BCUT2D eigenvalue weighted by Crippen LogP contribution is 2.17. The molecular formula is C16H24F2N2O. The van der Waals surface area contributed by atoms with Gasteiger partial charge in [0.2, 0.25) is 5.91 Å². The van der Waals surface area contributed by atoms with Crippen LogP contribution in [0, 0.1) is 23.5 Å². The Bertz CT molecular complexity index is 477. The number of hydrogen-bond acceptors (Lipinski definition) is 2. The molecule has 0 unspecified atom stereocenters. The summed E-state index contributed by atoms with van der Waals surface area (Å²) in [7, 11) is 1.62. The lowest BCUT2D eigenvalue weighted by Gasteiger charge is -2.22. The van der Waals surface area contributed by atoms with E-state index < -0.39 is 11.6 Å². The zero-order valence-electron chi connectivity index (χ0n) is 12.9. The van der Waals surface area contributed by atoms with E-state index in [4.69, 9.17) is 5.73 Å². The normalized spacial score (nSPS) is 12.5. The van der Waals surface area contributed by atoms with Crippen molar-refractivity contribution in [3.63, 3.8) is 0 Å². The monoisotopic (exact) mass is 298 g/mol. The summed E-state index contributed by atoms with van der Waals surface area (Å²) in [4.78, 5) is 13.6. The van der Waals surface area contributed by atoms with Crippen LogP contribution in [0.25, 0.3) is 0 Å². The second-order valence-electron chi connectivity index (χ2n) is 5.92. The Kier molecular flexibility index (Phi) is 6.75. The van der Waals surface area contributed by atoms with Crippen molar-refractivity contribution in [1.82, 2.24) is 4.90 Å². The molecule has 21 heavy (non-hydrogen) atoms. The molecule has 118 valence electrons. The van der Waals surface area contributed by atoms with E-state index in [0.29, 0.717) is 24.4 Å². The zero-order chi connectivity index (χ0) is 16.0. The summed E-state index contributed by atoms with van der Waals surface area (Å²) in [6.45, 7) is 4.77. The molecule has 2 N–H and O–H groups in total. The first kappa shape index (κ1) is 17.6. The van der Waals surface area contributed by atoms with Crippen LogP contribution in [-0.2, 0) is 11.3 Å². The zero-order valence-corrected chi connectivity index (χ0v) is 12.9. The van der Waals surface area contributed by atoms with Crippen LogP contribution in [0.5, 0.6) is 0 Å². The lowest BCUT2D eigenvalue weighted by molar-refractivity contribution is -0.131. The Balaban J connectivity index is 2.61. The number of rotatable bonds is 7. The van der Waals surface area contributed by atoms with Gasteiger partial charge in [-0.15, -0.1) is 0 Å². The molecule has 0 saturated heterocycles. The summed E-state index contributed by atoms with van der Waals surface area (Å²) in [5.74, 6) is -0.711. The third-order valence-electron chi connectivity index (χ3n) is 3.45. The largest absolute Gasteiger partial charge is 0.341 e. The average Bonchev–Trinajstić information content (AvgIpc) is 2.40. The van der Waals surface area contributed by atoms with Crippen molar-refractivity contribution in [3.05, 3.63) is 35.4 Å². The van der Waals surface area contributed by atoms with Crippen molar-refractivity contribution in [2.24, 2.45) is 17.6 Å². The van der Waals surface area contributed by atoms with Gasteiger partial charge in [0.05, 0.1) is 0 Å². The molecule has 0 aromatic heterocycles. The number of halogens is 2. The second kappa shape index (κ2) is 8.08. The molecule has 5 heteroatoms. The van der Waals surface area contributed by atoms with Crippen molar-refractivity contribution < 1.29 is 13.6 Å². The fraction of sp³-hybridized carbons (Fsp3) is 0.562. The summed E-state index contributed by atoms with van der Waals surface area (Å²) in [5.41, 5.74) is 6.00. The molecule has 3 nitrogen and oxygen atoms in total. The first-order chi connectivity index (χ1) is 9.83. The summed E-state index contributed by atoms with van der Waals surface area (Å²) >= 11 is 0. The molecule has 0 aliphatic heterocycles. The van der Waals surface area contributed by atoms with Gasteiger partial charge in [-0.1, -0.05) is 19.9 Å². The van der Waals surface area contributed by atoms with Gasteiger partial charge in [-0.3, -0.25) is 4.79 Å². The van der Waals surface area contributed by atoms with E-state index in [1.54, 1.807) is 7.05 Å². The van der Waals surface area contributed by atoms with Gasteiger partial charge in [-0.25, -0.2) is 8.78 Å². The van der Waals surface area contributed by atoms with Gasteiger partial charge in [0.25, 0.3) is 0 Å². The molecule has 1 rings (SSSR count). The molecular weight excluding hydrogens is 274 g/mol. The van der Waals surface area contributed by atoms with Crippen LogP contribution >= 0.6 is 0 Å². The third-order valence-corrected chi connectivity index (χ3v) is 3.45. The minimum Gasteiger partial charge on any atom is -0.341 e. The molecule has 0 radical (unpaired) electrons. The number of carbonyl (C=O) groups excluding carboxylic acids is 1. The first-order valence-corrected chi connectivity index (χ1v) is 7.21. The molecule has 0 fully saturated rings. The van der Waals surface area contributed by atoms with Gasteiger partial charge >= 0.3 is 0 Å². The molecule has 1 atom stereocenters. The van der Waals surface area contributed by atoms with Crippen LogP contribution in [0.3, 0.4) is 0 Å². The fourth-order valence-corrected chi connectivity index (χ4v) is 2.33. The lowest BCUT2D eigenvalue weighted by Crippen LogP contribution is -2.30. The summed E-state index contributed by atoms with van der Waals surface area (Å²) in [6, 6.07) is 3.39. The Morgan fingerprint density at radius 3 is 2.52 bits per heavy atom. The smallest absolute Gasteiger partial charge is 0.222 e. The van der Waals surface area contributed by atoms with Crippen molar-refractivity contribution in [2.45, 2.75) is 33.2 Å². The highest BCUT2D eigenvalue weighted by atomic mass is 19.1. The number of carbonyl (C=O) groups is 1. The minimum atomic E-state index is -0.632. The molecule has 1 aromatic rings. The Hall–Kier alpha value is -1.49. The summed E-state index contributed by atoms with van der Waals surface area (Å²) in [6.07, 6.45) is 1.25. The minimum absolute atomic E-state index is 0.0742. The topological polar surface area (TPSA) is 46.3 Å². The number of benzene rings is 1. The maximum Gasteiger partial charge on any atom is 0.222 e. The van der Waals surface area contributed by atoms with Crippen LogP contribution in [0.1, 0.15) is 32.3 Å². The average molecular weight is 298 g/mol. The molecule has 0 saturated carbocycles. The highest BCUT2D eigenvalue weighted by Gasteiger charge is 2.18. The van der Waals surface area contributed by atoms with E-state index in [9.17, 15) is 13.6 Å². The molecule has 0 aliphatic rings. The van der Waals surface area contributed by atoms with Gasteiger partial charge in [-0.2, -0.15) is 0 Å². The second-order valence-corrected chi connectivity index (χ2v) is 5.92. The van der Waals surface area contributed by atoms with Gasteiger partial charge in [0.1, 0.15) is 11.6 Å². The predicted molar refractivity (Wildman–Crippen MR) is 79.4 cm³/mol. The van der Waals surface area contributed by atoms with Gasteiger partial charge in [0.15, 0.2) is 0 Å². The molecule has 0 heterocycles. The lowest BCUT2D eigenvalue weighted by atomic mass is 9.94. The maximum absolute atomic E-state index is 13.6. The van der Waals surface area contributed by atoms with Crippen LogP contribution < -0.4 is 5.73 Å². The van der Waals surface area contributed by atoms with E-state index in [2.05, 4.69) is 13.8 Å². The predicted octanol–water partition coefficient (Wildman–Crippen LogP) is 2.93. The summed E-state index contributed by atoms with van der Waals surface area (Å²) < 4.78 is 26.4. The van der Waals surface area contributed by atoms with E-state index in [1.165, 1.54) is 17.0 Å². The van der Waals surface area contributed by atoms with Crippen molar-refractivity contribution in [2.75, 3.05) is 13.6 Å². The highest BCUT2D eigenvalue weighted by molar-refractivity contribution is 5.76. The number of hydrogen-bond donors (Lipinski definition) is 1. The maximum atomic E-state index is 13.6.